The standard InChI is InChI=1S/C10H9O5S/c11-9-6-10(12,16(13,14)15)5-7-3-1-2-4-8(7)9/h1-6,11-12H,(H,13,14,15). The van der Waals surface area contributed by atoms with Gasteiger partial charge in [-0.05, 0) is 11.3 Å². The van der Waals surface area contributed by atoms with Crippen LogP contribution in [-0.4, -0.2) is 28.1 Å². The summed E-state index contributed by atoms with van der Waals surface area (Å²) in [5.41, 5.74) is 0. The largest absolute Gasteiger partial charge is 0.511 e. The zero-order chi connectivity index (χ0) is 12.0. The summed E-state index contributed by atoms with van der Waals surface area (Å²) >= 11 is 0. The van der Waals surface area contributed by atoms with E-state index in [0.717, 1.165) is 6.08 Å². The normalized spacial score (nSPS) is 24.8. The van der Waals surface area contributed by atoms with Crippen LogP contribution in [0.25, 0.3) is 11.8 Å². The highest BCUT2D eigenvalue weighted by molar-refractivity contribution is 7.87. The molecule has 3 N–H and O–H groups in total. The van der Waals surface area contributed by atoms with Crippen molar-refractivity contribution in [3.05, 3.63) is 41.1 Å². The van der Waals surface area contributed by atoms with E-state index in [-0.39, 0.29) is 0 Å². The van der Waals surface area contributed by atoms with Gasteiger partial charge < -0.3 is 10.2 Å². The molecule has 1 aliphatic rings. The Morgan fingerprint density at radius 2 is 1.81 bits per heavy atom. The summed E-state index contributed by atoms with van der Waals surface area (Å²) in [7, 11) is -4.74. The van der Waals surface area contributed by atoms with E-state index in [4.69, 9.17) is 4.55 Å². The molecular weight excluding hydrogens is 232 g/mol. The lowest BCUT2D eigenvalue weighted by Gasteiger charge is -2.22. The number of hydrogen-bond donors (Lipinski definition) is 3. The summed E-state index contributed by atoms with van der Waals surface area (Å²) in [5, 5.41) is 20.0. The first-order chi connectivity index (χ1) is 7.33. The predicted molar refractivity (Wildman–Crippen MR) is 57.0 cm³/mol. The molecule has 2 rings (SSSR count). The molecule has 1 unspecified atom stereocenters. The first-order valence-corrected chi connectivity index (χ1v) is 5.84. The minimum absolute atomic E-state index is 0.336. The Hall–Kier alpha value is -1.37. The third-order valence-corrected chi connectivity index (χ3v) is 3.42. The maximum atomic E-state index is 11.0. The van der Waals surface area contributed by atoms with Gasteiger partial charge in [0.2, 0.25) is 4.93 Å². The maximum absolute atomic E-state index is 11.0. The number of aliphatic hydroxyl groups is 2. The van der Waals surface area contributed by atoms with Crippen LogP contribution in [0.3, 0.4) is 0 Å². The molecule has 1 atom stereocenters. The van der Waals surface area contributed by atoms with Gasteiger partial charge in [-0.3, -0.25) is 4.55 Å². The number of benzene rings is 1. The molecule has 5 nitrogen and oxygen atoms in total. The highest BCUT2D eigenvalue weighted by Crippen LogP contribution is 2.23. The molecule has 1 aromatic rings. The second-order valence-corrected chi connectivity index (χ2v) is 5.09. The van der Waals surface area contributed by atoms with Crippen molar-refractivity contribution in [3.63, 3.8) is 0 Å². The van der Waals surface area contributed by atoms with Gasteiger partial charge in [-0.1, -0.05) is 24.3 Å². The van der Waals surface area contributed by atoms with E-state index in [0.29, 0.717) is 16.9 Å². The molecule has 1 aromatic carbocycles. The number of aliphatic hydroxyl groups excluding tert-OH is 1. The van der Waals surface area contributed by atoms with Crippen LogP contribution < -0.4 is 10.4 Å². The van der Waals surface area contributed by atoms with E-state index in [1.54, 1.807) is 18.2 Å². The molecule has 0 aliphatic heterocycles. The molecule has 1 radical (unpaired) electrons. The van der Waals surface area contributed by atoms with Crippen molar-refractivity contribution in [2.24, 2.45) is 0 Å². The summed E-state index contributed by atoms with van der Waals surface area (Å²) in [6, 6.07) is 6.38. The second-order valence-electron chi connectivity index (χ2n) is 3.49. The quantitative estimate of drug-likeness (QED) is 0.544. The van der Waals surface area contributed by atoms with Crippen LogP contribution in [0.2, 0.25) is 0 Å². The van der Waals surface area contributed by atoms with Crippen LogP contribution in [-0.2, 0) is 10.1 Å². The van der Waals surface area contributed by atoms with E-state index >= 15 is 0 Å². The maximum Gasteiger partial charge on any atom is 0.299 e. The Morgan fingerprint density at radius 3 is 2.44 bits per heavy atom. The van der Waals surface area contributed by atoms with E-state index < -0.39 is 20.8 Å². The smallest absolute Gasteiger partial charge is 0.299 e. The highest BCUT2D eigenvalue weighted by Gasteiger charge is 2.41. The second kappa shape index (κ2) is 3.31. The topological polar surface area (TPSA) is 94.8 Å². The molecule has 0 saturated heterocycles. The van der Waals surface area contributed by atoms with Crippen LogP contribution in [0.4, 0.5) is 0 Å². The lowest BCUT2D eigenvalue weighted by Crippen LogP contribution is -2.45. The fraction of sp³-hybridized carbons (Fsp3) is 0.100. The van der Waals surface area contributed by atoms with E-state index in [1.807, 2.05) is 0 Å². The third-order valence-electron chi connectivity index (χ3n) is 2.36. The van der Waals surface area contributed by atoms with Crippen LogP contribution >= 0.6 is 0 Å². The van der Waals surface area contributed by atoms with Crippen LogP contribution in [0.15, 0.2) is 24.3 Å². The number of hydrogen-bond acceptors (Lipinski definition) is 4. The molecule has 6 heteroatoms. The molecule has 0 saturated carbocycles. The summed E-state index contributed by atoms with van der Waals surface area (Å²) in [4.78, 5) is -2.58. The van der Waals surface area contributed by atoms with Crippen LogP contribution in [0, 0.1) is 6.42 Å². The summed E-state index contributed by atoms with van der Waals surface area (Å²) in [6.45, 7) is 0. The van der Waals surface area contributed by atoms with Crippen molar-refractivity contribution in [2.75, 3.05) is 0 Å². The van der Waals surface area contributed by atoms with E-state index in [1.165, 1.54) is 6.07 Å². The minimum atomic E-state index is -4.74. The van der Waals surface area contributed by atoms with Gasteiger partial charge in [-0.25, -0.2) is 0 Å². The summed E-state index contributed by atoms with van der Waals surface area (Å²) in [5.74, 6) is -0.391. The summed E-state index contributed by atoms with van der Waals surface area (Å²) < 4.78 is 30.8. The van der Waals surface area contributed by atoms with Crippen LogP contribution in [0.1, 0.15) is 0 Å². The molecule has 1 aliphatic carbocycles. The third kappa shape index (κ3) is 1.60. The van der Waals surface area contributed by atoms with Gasteiger partial charge in [-0.2, -0.15) is 8.42 Å². The van der Waals surface area contributed by atoms with Gasteiger partial charge in [0.25, 0.3) is 10.1 Å². The Bertz CT molecular complexity index is 646. The minimum Gasteiger partial charge on any atom is -0.511 e. The number of fused-ring (bicyclic) bond motifs is 1. The van der Waals surface area contributed by atoms with Crippen molar-refractivity contribution in [1.29, 1.82) is 0 Å². The fourth-order valence-electron chi connectivity index (χ4n) is 1.54. The van der Waals surface area contributed by atoms with Crippen molar-refractivity contribution >= 4 is 22.0 Å². The van der Waals surface area contributed by atoms with Gasteiger partial charge >= 0.3 is 0 Å². The van der Waals surface area contributed by atoms with E-state index in [9.17, 15) is 18.6 Å². The van der Waals surface area contributed by atoms with E-state index in [2.05, 4.69) is 0 Å². The van der Waals surface area contributed by atoms with Crippen molar-refractivity contribution < 1.29 is 23.2 Å². The molecular formula is C10H9O5S. The van der Waals surface area contributed by atoms with Crippen molar-refractivity contribution in [1.82, 2.24) is 0 Å². The molecule has 0 heterocycles. The van der Waals surface area contributed by atoms with Gasteiger partial charge in [0.15, 0.2) is 0 Å². The molecule has 16 heavy (non-hydrogen) atoms. The molecule has 85 valence electrons. The zero-order valence-electron chi connectivity index (χ0n) is 8.03. The lowest BCUT2D eigenvalue weighted by atomic mass is 10.0. The van der Waals surface area contributed by atoms with Gasteiger partial charge in [-0.15, -0.1) is 0 Å². The Kier molecular flexibility index (Phi) is 2.30. The zero-order valence-corrected chi connectivity index (χ0v) is 8.85. The van der Waals surface area contributed by atoms with Crippen LogP contribution in [0.5, 0.6) is 0 Å². The van der Waals surface area contributed by atoms with Gasteiger partial charge in [0.05, 0.1) is 6.42 Å². The predicted octanol–water partition coefficient (Wildman–Crippen LogP) is -1.07. The molecule has 0 spiro atoms. The molecule has 0 bridgehead atoms. The van der Waals surface area contributed by atoms with Crippen molar-refractivity contribution in [3.8, 4) is 0 Å². The molecule has 0 fully saturated rings. The lowest BCUT2D eigenvalue weighted by molar-refractivity contribution is 0.205. The first kappa shape index (κ1) is 11.1. The van der Waals surface area contributed by atoms with Gasteiger partial charge in [0, 0.05) is 5.22 Å². The van der Waals surface area contributed by atoms with Gasteiger partial charge in [0.1, 0.15) is 5.76 Å². The monoisotopic (exact) mass is 241 g/mol. The Balaban J connectivity index is 2.80. The average molecular weight is 241 g/mol. The average Bonchev–Trinajstić information content (AvgIpc) is 2.15. The Labute approximate surface area is 91.7 Å². The summed E-state index contributed by atoms with van der Waals surface area (Å²) in [6.07, 6.45) is 1.65. The Morgan fingerprint density at radius 1 is 1.19 bits per heavy atom. The fourth-order valence-corrected chi connectivity index (χ4v) is 2.08. The van der Waals surface area contributed by atoms with Crippen molar-refractivity contribution in [2.45, 2.75) is 4.93 Å². The molecule has 0 amide bonds. The highest BCUT2D eigenvalue weighted by atomic mass is 32.2. The molecule has 0 aromatic heterocycles. The first-order valence-electron chi connectivity index (χ1n) is 4.40. The SMILES string of the molecule is O=S(=O)(O)C1(O)[CH]C(O)=c2ccccc2=C1. The number of rotatable bonds is 1.